The Labute approximate surface area is 25.4 Å². The molecule has 2 nitrogen and oxygen atoms in total. The average molecular weight is 53.0 g/mol. The molecule has 0 rings (SSSR count). The molecule has 0 aromatic heterocycles. The average Bonchev–Trinajstić information content (AvgIpc) is 1.37. The van der Waals surface area contributed by atoms with Crippen LogP contribution in [-0.2, 0) is 0 Å². The summed E-state index contributed by atoms with van der Waals surface area (Å²) in [6, 6.07) is 2.47. The van der Waals surface area contributed by atoms with Gasteiger partial charge in [0.1, 0.15) is 0 Å². The third-order valence-electron chi connectivity index (χ3n) is 0.0500. The van der Waals surface area contributed by atoms with Gasteiger partial charge in [0.25, 0.3) is 0 Å². The van der Waals surface area contributed by atoms with Crippen LogP contribution in [0.3, 0.4) is 0 Å². The lowest BCUT2D eigenvalue weighted by atomic mass is 10.9. The van der Waals surface area contributed by atoms with Crippen LogP contribution in [0.25, 0.3) is 0 Å². The van der Waals surface area contributed by atoms with Gasteiger partial charge in [0.05, 0.1) is 0 Å². The van der Waals surface area contributed by atoms with Gasteiger partial charge in [0.15, 0.2) is 12.1 Å². The number of hydrogen-bond acceptors (Lipinski definition) is 2. The molecule has 0 N–H and O–H groups in total. The van der Waals surface area contributed by atoms with Gasteiger partial charge in [-0.25, -0.2) is 0 Å². The molecule has 0 unspecified atom stereocenters. The molecule has 0 fully saturated rings. The Bertz CT molecular complexity index is 62.6. The van der Waals surface area contributed by atoms with Crippen molar-refractivity contribution >= 4 is 0 Å². The van der Waals surface area contributed by atoms with Gasteiger partial charge >= 0.3 is 1.43 Å². The van der Waals surface area contributed by atoms with E-state index in [4.69, 9.17) is 10.5 Å². The third kappa shape index (κ3) is 0.980. The van der Waals surface area contributed by atoms with E-state index in [1.54, 1.807) is 0 Å². The molecule has 4 heavy (non-hydrogen) atoms. The van der Waals surface area contributed by atoms with Crippen molar-refractivity contribution in [3.63, 3.8) is 0 Å². The maximum absolute atomic E-state index is 7.26. The smallest absolute Gasteiger partial charge is 0.181 e. The second-order valence-electron chi connectivity index (χ2n) is 0.224. The fourth-order valence-corrected chi connectivity index (χ4v) is 0. The van der Waals surface area contributed by atoms with E-state index in [2.05, 4.69) is 0 Å². The molecule has 0 saturated heterocycles. The van der Waals surface area contributed by atoms with E-state index in [1.807, 2.05) is 0 Å². The summed E-state index contributed by atoms with van der Waals surface area (Å²) >= 11 is 0. The molecule has 0 radical (unpaired) electrons. The molecule has 18 valence electrons. The van der Waals surface area contributed by atoms with Gasteiger partial charge in [-0.05, 0) is 0 Å². The lowest BCUT2D eigenvalue weighted by Crippen LogP contribution is -1.26. The number of hydrogen-bond donors (Lipinski definition) is 0. The molecule has 2 heteroatoms. The van der Waals surface area contributed by atoms with Crippen LogP contribution in [0, 0.1) is 22.7 Å². The molecular formula is C2HN2+. The summed E-state index contributed by atoms with van der Waals surface area (Å²) in [6.07, 6.45) is 0. The highest BCUT2D eigenvalue weighted by Gasteiger charge is 1.39. The van der Waals surface area contributed by atoms with Crippen molar-refractivity contribution in [3.8, 4) is 12.1 Å². The van der Waals surface area contributed by atoms with E-state index in [0.717, 1.165) is 0 Å². The molecule has 0 spiro atoms. The van der Waals surface area contributed by atoms with Crippen molar-refractivity contribution in [2.45, 2.75) is 0 Å². The predicted molar refractivity (Wildman–Crippen MR) is 12.3 cm³/mol. The van der Waals surface area contributed by atoms with Crippen LogP contribution in [0.5, 0.6) is 0 Å². The van der Waals surface area contributed by atoms with Crippen molar-refractivity contribution in [1.82, 2.24) is 0 Å². The van der Waals surface area contributed by atoms with Crippen molar-refractivity contribution in [3.05, 3.63) is 0 Å². The Morgan fingerprint density at radius 2 is 1.50 bits per heavy atom. The Morgan fingerprint density at radius 1 is 1.25 bits per heavy atom. The molecule has 0 aromatic carbocycles. The largest absolute Gasteiger partial charge is 1.00 e. The third-order valence-corrected chi connectivity index (χ3v) is 0.0500. The molecule has 0 aliphatic carbocycles. The Morgan fingerprint density at radius 3 is 1.50 bits per heavy atom. The first-order valence-electron chi connectivity index (χ1n) is 0.697. The summed E-state index contributed by atoms with van der Waals surface area (Å²) in [5.41, 5.74) is 0. The zero-order valence-corrected chi connectivity index (χ0v) is 1.89. The van der Waals surface area contributed by atoms with E-state index in [0.29, 0.717) is 0 Å². The van der Waals surface area contributed by atoms with Crippen LogP contribution in [0.4, 0.5) is 0 Å². The van der Waals surface area contributed by atoms with Gasteiger partial charge in [0.2, 0.25) is 0 Å². The van der Waals surface area contributed by atoms with Gasteiger partial charge in [-0.15, -0.1) is 0 Å². The number of rotatable bonds is 0. The van der Waals surface area contributed by atoms with Crippen LogP contribution in [0.2, 0.25) is 0 Å². The van der Waals surface area contributed by atoms with Crippen LogP contribution in [-0.4, -0.2) is 0 Å². The summed E-state index contributed by atoms with van der Waals surface area (Å²) in [5.74, 6) is 0. The first kappa shape index (κ1) is 2.98. The van der Waals surface area contributed by atoms with Crippen molar-refractivity contribution in [2.24, 2.45) is 0 Å². The molecular weight excluding hydrogens is 52.0 g/mol. The minimum Gasteiger partial charge on any atom is -0.181 e. The van der Waals surface area contributed by atoms with Gasteiger partial charge in [-0.1, -0.05) is 0 Å². The summed E-state index contributed by atoms with van der Waals surface area (Å²) in [7, 11) is 0. The predicted octanol–water partition coefficient (Wildman–Crippen LogP) is 0.146. The Hall–Kier alpha value is -1.02. The Balaban J connectivity index is 0. The number of nitrogens with zero attached hydrogens (tertiary/aromatic N) is 2. The molecule has 0 amide bonds. The minimum atomic E-state index is 0. The second-order valence-corrected chi connectivity index (χ2v) is 0.224. The zero-order chi connectivity index (χ0) is 3.41. The molecule has 0 heterocycles. The lowest BCUT2D eigenvalue weighted by Gasteiger charge is -1.16. The van der Waals surface area contributed by atoms with E-state index in [9.17, 15) is 0 Å². The van der Waals surface area contributed by atoms with Gasteiger partial charge in [0, 0.05) is 0 Å². The maximum Gasteiger partial charge on any atom is 1.00 e. The van der Waals surface area contributed by atoms with Gasteiger partial charge in [-0.2, -0.15) is 10.5 Å². The van der Waals surface area contributed by atoms with Gasteiger partial charge < -0.3 is 0 Å². The molecule has 0 bridgehead atoms. The van der Waals surface area contributed by atoms with E-state index < -0.39 is 0 Å². The second kappa shape index (κ2) is 1.98. The molecule has 0 saturated carbocycles. The maximum atomic E-state index is 7.26. The minimum absolute atomic E-state index is 0. The summed E-state index contributed by atoms with van der Waals surface area (Å²) < 4.78 is 0. The van der Waals surface area contributed by atoms with E-state index in [1.165, 1.54) is 12.1 Å². The standard InChI is InChI=1S/C2N2/c3-1-2-4/p+1. The Kier molecular flexibility index (Phi) is 1.48. The zero-order valence-electron chi connectivity index (χ0n) is 2.89. The quantitative estimate of drug-likeness (QED) is 0.394. The van der Waals surface area contributed by atoms with Crippen LogP contribution in [0.15, 0.2) is 0 Å². The summed E-state index contributed by atoms with van der Waals surface area (Å²) in [4.78, 5) is 0. The normalized spacial score (nSPS) is 2.50. The summed E-state index contributed by atoms with van der Waals surface area (Å²) in [6.45, 7) is 0. The monoisotopic (exact) mass is 53.0 g/mol. The fourth-order valence-electron chi connectivity index (χ4n) is 0. The molecule has 0 aromatic rings. The van der Waals surface area contributed by atoms with Gasteiger partial charge in [-0.3, -0.25) is 0 Å². The molecule has 0 atom stereocenters. The lowest BCUT2D eigenvalue weighted by molar-refractivity contribution is 1.49. The van der Waals surface area contributed by atoms with Crippen molar-refractivity contribution in [1.29, 1.82) is 10.5 Å². The van der Waals surface area contributed by atoms with Crippen LogP contribution < -0.4 is 0 Å². The summed E-state index contributed by atoms with van der Waals surface area (Å²) in [5, 5.41) is 14.5. The topological polar surface area (TPSA) is 47.6 Å². The SMILES string of the molecule is N#CC#N.[H+]. The van der Waals surface area contributed by atoms with Crippen LogP contribution in [0.1, 0.15) is 1.43 Å². The fraction of sp³-hybridized carbons (Fsp3) is 0. The van der Waals surface area contributed by atoms with E-state index in [-0.39, 0.29) is 1.43 Å². The van der Waals surface area contributed by atoms with E-state index >= 15 is 0 Å². The highest BCUT2D eigenvalue weighted by Crippen LogP contribution is 1.27. The highest BCUT2D eigenvalue weighted by atomic mass is 14.3. The van der Waals surface area contributed by atoms with Crippen molar-refractivity contribution in [2.75, 3.05) is 0 Å². The highest BCUT2D eigenvalue weighted by molar-refractivity contribution is 4.99. The van der Waals surface area contributed by atoms with Crippen molar-refractivity contribution < 1.29 is 1.43 Å². The first-order valence-corrected chi connectivity index (χ1v) is 0.697. The van der Waals surface area contributed by atoms with Crippen LogP contribution >= 0.6 is 0 Å². The molecule has 0 aliphatic rings. The number of nitriles is 2. The first-order chi connectivity index (χ1) is 1.91. The molecule has 0 aliphatic heterocycles.